The van der Waals surface area contributed by atoms with E-state index in [1.165, 1.54) is 10.9 Å². The van der Waals surface area contributed by atoms with Crippen LogP contribution in [0.1, 0.15) is 25.3 Å². The molecular formula is C21H28N10O14P2. The fraction of sp³-hybridized carbons (Fsp3) is 0.524. The molecule has 4 aromatic rings. The highest BCUT2D eigenvalue weighted by atomic mass is 31.2. The predicted octanol–water partition coefficient (Wildman–Crippen LogP) is -2.67. The maximum atomic E-state index is 13.0. The summed E-state index contributed by atoms with van der Waals surface area (Å²) in [5.74, 6) is -0.464. The van der Waals surface area contributed by atoms with Gasteiger partial charge in [-0.05, 0) is 6.42 Å². The lowest BCUT2D eigenvalue weighted by Gasteiger charge is -2.23. The number of H-pyrrole nitrogens is 2. The number of hydrogen-bond acceptors (Lipinski definition) is 17. The zero-order chi connectivity index (χ0) is 33.8. The molecule has 26 heteroatoms. The van der Waals surface area contributed by atoms with E-state index in [2.05, 4.69) is 34.4 Å². The fourth-order valence-electron chi connectivity index (χ4n) is 5.29. The molecule has 6 heterocycles. The summed E-state index contributed by atoms with van der Waals surface area (Å²) >= 11 is 0. The molecule has 2 saturated heterocycles. The van der Waals surface area contributed by atoms with E-state index in [0.717, 1.165) is 10.9 Å². The monoisotopic (exact) mass is 706 g/mol. The van der Waals surface area contributed by atoms with Gasteiger partial charge in [-0.15, -0.1) is 0 Å². The third-order valence-electron chi connectivity index (χ3n) is 7.28. The number of phosphoric acid groups is 2. The summed E-state index contributed by atoms with van der Waals surface area (Å²) in [4.78, 5) is 73.5. The molecule has 2 aliphatic rings. The Bertz CT molecular complexity index is 2010. The first-order chi connectivity index (χ1) is 22.1. The summed E-state index contributed by atoms with van der Waals surface area (Å²) < 4.78 is 53.0. The number of aromatic nitrogens is 8. The van der Waals surface area contributed by atoms with Gasteiger partial charge < -0.3 is 45.8 Å². The molecule has 8 atom stereocenters. The van der Waals surface area contributed by atoms with Crippen LogP contribution in [0.2, 0.25) is 0 Å². The van der Waals surface area contributed by atoms with Crippen molar-refractivity contribution in [2.24, 2.45) is 0 Å². The van der Waals surface area contributed by atoms with Gasteiger partial charge in [0.2, 0.25) is 11.9 Å². The number of hydrogen-bond donors (Lipinski definition) is 9. The zero-order valence-corrected chi connectivity index (χ0v) is 25.5. The number of nitrogens with one attached hydrogen (secondary N) is 2. The standard InChI is InChI=1S/C21H28N10O14P2/c22-20-26-14-10(16(34)28-20)24-5-30(14)18-8(32)3-7(43-18)1-2-41-47(39,40)45-13-9(4-42-46(36,37)38)44-19(12(13)33)31-6-25-11-15(31)27-21(23)29-17(11)35/h5-9,12-13,18-19,32-33H,1-4H2,(H,39,40)(H2,36,37,38)(H3,22,26,28,34)(H3,23,27,29,35)/t7-,8-,9-,12-,13-,18-,19-/m1/s1. The van der Waals surface area contributed by atoms with Crippen LogP contribution in [0.3, 0.4) is 0 Å². The zero-order valence-electron chi connectivity index (χ0n) is 23.7. The number of ether oxygens (including phenoxy) is 2. The minimum atomic E-state index is -5.07. The Kier molecular flexibility index (Phi) is 8.80. The molecule has 0 bridgehead atoms. The minimum absolute atomic E-state index is 0.0275. The van der Waals surface area contributed by atoms with Crippen LogP contribution in [0.4, 0.5) is 11.9 Å². The van der Waals surface area contributed by atoms with Crippen LogP contribution in [0.15, 0.2) is 22.2 Å². The van der Waals surface area contributed by atoms with Gasteiger partial charge in [0.15, 0.2) is 34.8 Å². The lowest BCUT2D eigenvalue weighted by Crippen LogP contribution is -2.36. The lowest BCUT2D eigenvalue weighted by atomic mass is 10.1. The summed E-state index contributed by atoms with van der Waals surface area (Å²) in [6.45, 7) is -1.36. The number of fused-ring (bicyclic) bond motifs is 2. The molecule has 4 aromatic heterocycles. The molecule has 0 radical (unpaired) electrons. The van der Waals surface area contributed by atoms with Crippen molar-refractivity contribution >= 4 is 49.9 Å². The van der Waals surface area contributed by atoms with Crippen molar-refractivity contribution in [3.63, 3.8) is 0 Å². The van der Waals surface area contributed by atoms with Crippen molar-refractivity contribution < 1.29 is 57.1 Å². The third kappa shape index (κ3) is 6.85. The van der Waals surface area contributed by atoms with Crippen LogP contribution in [-0.2, 0) is 32.2 Å². The second-order valence-corrected chi connectivity index (χ2v) is 13.2. The van der Waals surface area contributed by atoms with Gasteiger partial charge in [0.1, 0.15) is 24.4 Å². The number of anilines is 2. The number of aliphatic hydroxyl groups excluding tert-OH is 2. The summed E-state index contributed by atoms with van der Waals surface area (Å²) in [6, 6.07) is 0. The van der Waals surface area contributed by atoms with Gasteiger partial charge in [-0.2, -0.15) is 9.97 Å². The van der Waals surface area contributed by atoms with E-state index in [-0.39, 0.29) is 47.1 Å². The average Bonchev–Trinajstić information content (AvgIpc) is 3.73. The molecule has 6 rings (SSSR count). The summed E-state index contributed by atoms with van der Waals surface area (Å²) in [5, 5.41) is 21.7. The number of nitrogen functional groups attached to an aromatic ring is 2. The van der Waals surface area contributed by atoms with Crippen molar-refractivity contribution in [2.45, 2.75) is 55.8 Å². The van der Waals surface area contributed by atoms with Gasteiger partial charge in [-0.3, -0.25) is 42.3 Å². The van der Waals surface area contributed by atoms with Gasteiger partial charge in [-0.1, -0.05) is 0 Å². The van der Waals surface area contributed by atoms with Crippen LogP contribution >= 0.6 is 15.6 Å². The van der Waals surface area contributed by atoms with Gasteiger partial charge >= 0.3 is 15.6 Å². The summed E-state index contributed by atoms with van der Waals surface area (Å²) in [5.41, 5.74) is 9.65. The summed E-state index contributed by atoms with van der Waals surface area (Å²) in [7, 11) is -10.1. The van der Waals surface area contributed by atoms with E-state index in [1.807, 2.05) is 0 Å². The molecule has 24 nitrogen and oxygen atoms in total. The molecule has 2 fully saturated rings. The van der Waals surface area contributed by atoms with Crippen molar-refractivity contribution in [3.05, 3.63) is 33.4 Å². The molecular weight excluding hydrogens is 678 g/mol. The first-order valence-corrected chi connectivity index (χ1v) is 16.6. The van der Waals surface area contributed by atoms with E-state index in [9.17, 15) is 43.6 Å². The number of nitrogens with zero attached hydrogens (tertiary/aromatic N) is 6. The third-order valence-corrected chi connectivity index (χ3v) is 8.78. The first kappa shape index (κ1) is 33.3. The highest BCUT2D eigenvalue weighted by molar-refractivity contribution is 7.47. The van der Waals surface area contributed by atoms with E-state index >= 15 is 0 Å². The van der Waals surface area contributed by atoms with Crippen molar-refractivity contribution in [1.82, 2.24) is 39.0 Å². The quantitative estimate of drug-likeness (QED) is 0.0717. The van der Waals surface area contributed by atoms with Gasteiger partial charge in [0.25, 0.3) is 11.1 Å². The number of aromatic amines is 2. The molecule has 0 aromatic carbocycles. The van der Waals surface area contributed by atoms with Gasteiger partial charge in [0.05, 0.1) is 32.0 Å². The Hall–Kier alpha value is -3.64. The molecule has 0 saturated carbocycles. The average molecular weight is 706 g/mol. The number of rotatable bonds is 11. The van der Waals surface area contributed by atoms with Crippen LogP contribution in [-0.4, -0.2) is 108 Å². The van der Waals surface area contributed by atoms with E-state index in [4.69, 9.17) is 30.0 Å². The van der Waals surface area contributed by atoms with E-state index < -0.39 is 83.0 Å². The van der Waals surface area contributed by atoms with Crippen LogP contribution < -0.4 is 22.6 Å². The highest BCUT2D eigenvalue weighted by Crippen LogP contribution is 2.49. The molecule has 47 heavy (non-hydrogen) atoms. The lowest BCUT2D eigenvalue weighted by molar-refractivity contribution is -0.0508. The molecule has 0 amide bonds. The van der Waals surface area contributed by atoms with Crippen molar-refractivity contribution in [1.29, 1.82) is 0 Å². The predicted molar refractivity (Wildman–Crippen MR) is 153 cm³/mol. The van der Waals surface area contributed by atoms with Gasteiger partial charge in [-0.25, -0.2) is 19.1 Å². The highest BCUT2D eigenvalue weighted by Gasteiger charge is 2.50. The van der Waals surface area contributed by atoms with E-state index in [1.54, 1.807) is 0 Å². The molecule has 2 aliphatic heterocycles. The Balaban J connectivity index is 1.12. The summed E-state index contributed by atoms with van der Waals surface area (Å²) in [6.07, 6.45) is -7.14. The molecule has 0 aliphatic carbocycles. The van der Waals surface area contributed by atoms with E-state index in [0.29, 0.717) is 0 Å². The number of aliphatic hydroxyl groups is 2. The SMILES string of the molecule is Nc1nc2c(ncn2[C@@H]2O[C@H](COP(=O)(O)O)[C@@H](OP(=O)(O)OCC[C@@H]3C[C@@H](O)[C@H](n4cnc5c(=O)[nH]c(N)nc54)O3)[C@H]2O)c(=O)[nH]1. The van der Waals surface area contributed by atoms with Crippen LogP contribution in [0.25, 0.3) is 22.3 Å². The second-order valence-electron chi connectivity index (χ2n) is 10.5. The minimum Gasteiger partial charge on any atom is -0.388 e. The second kappa shape index (κ2) is 12.4. The van der Waals surface area contributed by atoms with Crippen LogP contribution in [0, 0.1) is 0 Å². The first-order valence-electron chi connectivity index (χ1n) is 13.6. The van der Waals surface area contributed by atoms with Gasteiger partial charge in [0, 0.05) is 6.42 Å². The Labute approximate surface area is 260 Å². The van der Waals surface area contributed by atoms with Crippen LogP contribution in [0.5, 0.6) is 0 Å². The van der Waals surface area contributed by atoms with Crippen molar-refractivity contribution in [3.8, 4) is 0 Å². The maximum Gasteiger partial charge on any atom is 0.472 e. The number of imidazole rings is 2. The fourth-order valence-corrected chi connectivity index (χ4v) is 6.60. The Morgan fingerprint density at radius 2 is 1.49 bits per heavy atom. The largest absolute Gasteiger partial charge is 0.472 e. The molecule has 256 valence electrons. The molecule has 1 unspecified atom stereocenters. The molecule has 11 N–H and O–H groups in total. The Morgan fingerprint density at radius 3 is 2.06 bits per heavy atom. The number of phosphoric ester groups is 2. The smallest absolute Gasteiger partial charge is 0.388 e. The number of nitrogens with two attached hydrogens (primary N) is 2. The Morgan fingerprint density at radius 1 is 0.915 bits per heavy atom. The van der Waals surface area contributed by atoms with Crippen molar-refractivity contribution in [2.75, 3.05) is 24.7 Å². The normalized spacial score (nSPS) is 28.0. The maximum absolute atomic E-state index is 13.0. The molecule has 0 spiro atoms. The topological polar surface area (TPSA) is 361 Å².